The Hall–Kier alpha value is -3.14. The maximum atomic E-state index is 12.9. The van der Waals surface area contributed by atoms with E-state index in [0.29, 0.717) is 5.56 Å². The quantitative estimate of drug-likeness (QED) is 0.214. The van der Waals surface area contributed by atoms with Gasteiger partial charge in [0.05, 0.1) is 5.69 Å². The first-order chi connectivity index (χ1) is 18.3. The van der Waals surface area contributed by atoms with Gasteiger partial charge in [-0.3, -0.25) is 25.9 Å². The molecule has 3 aliphatic rings. The number of carbonyl (C=O) groups excluding carboxylic acids is 3. The van der Waals surface area contributed by atoms with Crippen molar-refractivity contribution in [2.45, 2.75) is 82.3 Å². The third kappa shape index (κ3) is 7.93. The van der Waals surface area contributed by atoms with Crippen molar-refractivity contribution in [3.8, 4) is 0 Å². The van der Waals surface area contributed by atoms with Gasteiger partial charge in [0, 0.05) is 42.1 Å². The fourth-order valence-corrected chi connectivity index (χ4v) is 6.06. The van der Waals surface area contributed by atoms with E-state index in [-0.39, 0.29) is 53.6 Å². The van der Waals surface area contributed by atoms with E-state index in [4.69, 9.17) is 11.5 Å². The number of nitrogens with one attached hydrogen (secondary N) is 4. The molecule has 38 heavy (non-hydrogen) atoms. The Labute approximate surface area is 225 Å². The van der Waals surface area contributed by atoms with Crippen LogP contribution < -0.4 is 32.4 Å². The number of benzene rings is 1. The number of amides is 3. The number of nitrogens with zero attached hydrogens (tertiary/aromatic N) is 1. The summed E-state index contributed by atoms with van der Waals surface area (Å²) in [6.45, 7) is 2.03. The molecule has 1 saturated heterocycles. The highest BCUT2D eigenvalue weighted by Gasteiger charge is 2.32. The van der Waals surface area contributed by atoms with E-state index in [1.165, 1.54) is 0 Å². The summed E-state index contributed by atoms with van der Waals surface area (Å²) >= 11 is 0. The second kappa shape index (κ2) is 13.1. The lowest BCUT2D eigenvalue weighted by Crippen LogP contribution is -2.72. The molecule has 208 valence electrons. The van der Waals surface area contributed by atoms with Crippen LogP contribution >= 0.6 is 0 Å². The fourth-order valence-electron chi connectivity index (χ4n) is 6.06. The van der Waals surface area contributed by atoms with Gasteiger partial charge >= 0.3 is 5.96 Å². The van der Waals surface area contributed by atoms with E-state index in [1.54, 1.807) is 24.3 Å². The molecule has 4 rings (SSSR count). The van der Waals surface area contributed by atoms with E-state index in [1.807, 2.05) is 0 Å². The average Bonchev–Trinajstić information content (AvgIpc) is 2.89. The van der Waals surface area contributed by atoms with Crippen LogP contribution in [0.4, 0.5) is 5.69 Å². The molecule has 1 heterocycles. The van der Waals surface area contributed by atoms with Crippen molar-refractivity contribution in [3.05, 3.63) is 29.8 Å². The van der Waals surface area contributed by atoms with Gasteiger partial charge in [-0.25, -0.2) is 4.99 Å². The Morgan fingerprint density at radius 3 is 1.82 bits per heavy atom. The molecule has 2 saturated carbocycles. The number of nitrogens with two attached hydrogens (primary N) is 2. The molecule has 3 amide bonds. The maximum absolute atomic E-state index is 12.9. The highest BCUT2D eigenvalue weighted by molar-refractivity contribution is 5.94. The largest absolute Gasteiger partial charge is 0.353 e. The lowest BCUT2D eigenvalue weighted by Gasteiger charge is -2.34. The number of carbonyl (C=O) groups is 3. The normalized spacial score (nSPS) is 28.1. The van der Waals surface area contributed by atoms with Crippen molar-refractivity contribution in [1.29, 1.82) is 0 Å². The molecular weight excluding hydrogens is 482 g/mol. The van der Waals surface area contributed by atoms with Gasteiger partial charge in [-0.1, -0.05) is 0 Å². The van der Waals surface area contributed by atoms with Gasteiger partial charge in [0.15, 0.2) is 0 Å². The minimum absolute atomic E-state index is 0.0178. The van der Waals surface area contributed by atoms with Crippen molar-refractivity contribution in [2.75, 3.05) is 20.1 Å². The molecular formula is C28H44N7O3+. The smallest absolute Gasteiger partial charge is 0.343 e. The average molecular weight is 527 g/mol. The van der Waals surface area contributed by atoms with E-state index in [2.05, 4.69) is 32.9 Å². The Balaban J connectivity index is 1.14. The Bertz CT molecular complexity index is 992. The molecule has 3 fully saturated rings. The Morgan fingerprint density at radius 1 is 0.763 bits per heavy atom. The van der Waals surface area contributed by atoms with Gasteiger partial charge in [-0.2, -0.15) is 0 Å². The van der Waals surface area contributed by atoms with Crippen molar-refractivity contribution >= 4 is 29.4 Å². The van der Waals surface area contributed by atoms with Crippen LogP contribution in [0.25, 0.3) is 0 Å². The minimum Gasteiger partial charge on any atom is -0.353 e. The zero-order valence-corrected chi connectivity index (χ0v) is 22.5. The fraction of sp³-hybridized carbons (Fsp3) is 0.643. The van der Waals surface area contributed by atoms with Gasteiger partial charge < -0.3 is 20.9 Å². The third-order valence-corrected chi connectivity index (χ3v) is 8.28. The molecule has 10 heteroatoms. The van der Waals surface area contributed by atoms with Crippen molar-refractivity contribution < 1.29 is 19.4 Å². The zero-order valence-electron chi connectivity index (χ0n) is 22.5. The molecule has 10 nitrogen and oxygen atoms in total. The summed E-state index contributed by atoms with van der Waals surface area (Å²) in [6.07, 6.45) is 8.63. The van der Waals surface area contributed by atoms with E-state index >= 15 is 0 Å². The standard InChI is InChI=1S/C28H43N7O3/c1-35-16-2-3-24(17-35)33-27(38)20-6-12-22(13-7-20)31-25(36)18-4-10-21(11-5-18)32-26(37)19-8-14-23(15-9-19)34-28(29)30/h8-9,14-15,18,20-22,24H,2-7,10-13,16-17H2,1H3,(H,31,36)(H,32,37)(H,33,38)(H4,29,30,34)/p+1. The molecule has 0 radical (unpaired) electrons. The molecule has 1 aliphatic heterocycles. The lowest BCUT2D eigenvalue weighted by molar-refractivity contribution is -0.356. The topological polar surface area (TPSA) is 157 Å². The summed E-state index contributed by atoms with van der Waals surface area (Å²) in [5, 5.41) is 9.59. The molecule has 0 aromatic heterocycles. The van der Waals surface area contributed by atoms with Crippen LogP contribution in [-0.4, -0.2) is 66.8 Å². The molecule has 8 N–H and O–H groups in total. The van der Waals surface area contributed by atoms with Gasteiger partial charge in [-0.05, 0) is 102 Å². The van der Waals surface area contributed by atoms with Crippen LogP contribution in [0.3, 0.4) is 0 Å². The Morgan fingerprint density at radius 2 is 1.29 bits per heavy atom. The lowest BCUT2D eigenvalue weighted by atomic mass is 9.83. The second-order valence-electron chi connectivity index (χ2n) is 11.3. The summed E-state index contributed by atoms with van der Waals surface area (Å²) in [5.41, 5.74) is 12.2. The summed E-state index contributed by atoms with van der Waals surface area (Å²) in [5.74, 6) is 0.315. The number of hydrogen-bond donors (Lipinski definition) is 6. The molecule has 1 unspecified atom stereocenters. The molecule has 1 atom stereocenters. The molecule has 0 spiro atoms. The van der Waals surface area contributed by atoms with Gasteiger partial charge in [0.25, 0.3) is 5.91 Å². The van der Waals surface area contributed by atoms with Gasteiger partial charge in [-0.15, -0.1) is 0 Å². The number of likely N-dealkylation sites (N-methyl/N-ethyl adjacent to an activating group) is 1. The van der Waals surface area contributed by atoms with Crippen molar-refractivity contribution in [2.24, 2.45) is 23.3 Å². The number of likely N-dealkylation sites (tertiary alicyclic amines) is 1. The van der Waals surface area contributed by atoms with Crippen LogP contribution in [0, 0.1) is 11.8 Å². The van der Waals surface area contributed by atoms with Crippen LogP contribution in [0.15, 0.2) is 24.3 Å². The van der Waals surface area contributed by atoms with Crippen molar-refractivity contribution in [1.82, 2.24) is 20.9 Å². The van der Waals surface area contributed by atoms with Crippen LogP contribution in [0.5, 0.6) is 0 Å². The van der Waals surface area contributed by atoms with Crippen LogP contribution in [0.2, 0.25) is 0 Å². The van der Waals surface area contributed by atoms with Crippen molar-refractivity contribution in [3.63, 3.8) is 0 Å². The maximum Gasteiger partial charge on any atom is 0.343 e. The number of piperidine rings is 1. The van der Waals surface area contributed by atoms with E-state index in [0.717, 1.165) is 83.0 Å². The summed E-state index contributed by atoms with van der Waals surface area (Å²) < 4.78 is 0. The third-order valence-electron chi connectivity index (χ3n) is 8.28. The molecule has 1 aromatic carbocycles. The minimum atomic E-state index is -0.120. The van der Waals surface area contributed by atoms with Gasteiger partial charge in [0.2, 0.25) is 11.8 Å². The van der Waals surface area contributed by atoms with E-state index in [9.17, 15) is 14.4 Å². The number of guanidine groups is 1. The molecule has 1 aromatic rings. The zero-order chi connectivity index (χ0) is 27.1. The highest BCUT2D eigenvalue weighted by Crippen LogP contribution is 2.28. The number of rotatable bonds is 7. The highest BCUT2D eigenvalue weighted by atomic mass is 16.2. The predicted octanol–water partition coefficient (Wildman–Crippen LogP) is -0.154. The monoisotopic (exact) mass is 526 g/mol. The summed E-state index contributed by atoms with van der Waals surface area (Å²) in [6, 6.07) is 7.44. The molecule has 2 aliphatic carbocycles. The SMILES string of the molecule is CN1CCCC(NC(=O)C2CCC(NC(=O)C3CCC(NC(=O)c4ccc([NH+]=C(N)N)cc4)CC3)CC2)C1. The predicted molar refractivity (Wildman–Crippen MR) is 146 cm³/mol. The molecule has 0 bridgehead atoms. The van der Waals surface area contributed by atoms with Crippen LogP contribution in [-0.2, 0) is 9.59 Å². The summed E-state index contributed by atoms with van der Waals surface area (Å²) in [4.78, 5) is 43.4. The van der Waals surface area contributed by atoms with E-state index < -0.39 is 0 Å². The second-order valence-corrected chi connectivity index (χ2v) is 11.3. The summed E-state index contributed by atoms with van der Waals surface area (Å²) in [7, 11) is 2.10. The van der Waals surface area contributed by atoms with Crippen LogP contribution in [0.1, 0.15) is 74.6 Å². The first-order valence-electron chi connectivity index (χ1n) is 14.1. The first kappa shape index (κ1) is 27.9. The first-order valence-corrected chi connectivity index (χ1v) is 14.1. The van der Waals surface area contributed by atoms with Gasteiger partial charge in [0.1, 0.15) is 0 Å². The Kier molecular flexibility index (Phi) is 9.60. The number of hydrogen-bond acceptors (Lipinski definition) is 4.